The first-order valence-corrected chi connectivity index (χ1v) is 13.9. The van der Waals surface area contributed by atoms with Gasteiger partial charge in [-0.25, -0.2) is 0 Å². The van der Waals surface area contributed by atoms with Crippen LogP contribution in [0.5, 0.6) is 5.75 Å². The number of nitrogens with zero attached hydrogens (tertiary/aromatic N) is 2. The molecule has 0 aromatic heterocycles. The molecule has 0 radical (unpaired) electrons. The van der Waals surface area contributed by atoms with Crippen molar-refractivity contribution < 1.29 is 19.4 Å². The molecule has 37 heavy (non-hydrogen) atoms. The summed E-state index contributed by atoms with van der Waals surface area (Å²) in [6.07, 6.45) is 6.90. The number of aliphatic hydroxyl groups excluding tert-OH is 1. The van der Waals surface area contributed by atoms with Crippen LogP contribution in [0.4, 0.5) is 5.69 Å². The standard InChI is InChI=1S/C29H36ClN3O4/c30-24-18-21(9-12-26(24)37-23-10-11-23)27(34)25(19-32-13-4-5-14-32)31-29(36)28(35)20-7-6-8-22(17-20)33-15-2-1-3-16-33/h6-9,12,17-18,23,25,27,34H,1-5,10-11,13-16,19H2,(H,31,36)/t25-,27?/m1/s1. The topological polar surface area (TPSA) is 82.1 Å². The van der Waals surface area contributed by atoms with Gasteiger partial charge in [-0.1, -0.05) is 29.8 Å². The molecule has 7 nitrogen and oxygen atoms in total. The number of rotatable bonds is 10. The largest absolute Gasteiger partial charge is 0.489 e. The Morgan fingerprint density at radius 3 is 2.43 bits per heavy atom. The summed E-state index contributed by atoms with van der Waals surface area (Å²) in [5.41, 5.74) is 1.91. The van der Waals surface area contributed by atoms with E-state index in [1.54, 1.807) is 30.3 Å². The van der Waals surface area contributed by atoms with Crippen LogP contribution in [0.3, 0.4) is 0 Å². The van der Waals surface area contributed by atoms with E-state index in [0.717, 1.165) is 70.4 Å². The van der Waals surface area contributed by atoms with Crippen LogP contribution in [0.1, 0.15) is 67.0 Å². The number of hydrogen-bond acceptors (Lipinski definition) is 6. The van der Waals surface area contributed by atoms with E-state index in [2.05, 4.69) is 15.1 Å². The van der Waals surface area contributed by atoms with Crippen molar-refractivity contribution in [3.63, 3.8) is 0 Å². The second kappa shape index (κ2) is 11.8. The maximum atomic E-state index is 13.2. The number of piperidine rings is 1. The molecule has 2 N–H and O–H groups in total. The van der Waals surface area contributed by atoms with Crippen molar-refractivity contribution in [1.29, 1.82) is 0 Å². The first-order valence-electron chi connectivity index (χ1n) is 13.5. The SMILES string of the molecule is O=C(N[C@H](CN1CCCC1)C(O)c1ccc(OC2CC2)c(Cl)c1)C(=O)c1cccc(N2CCCCC2)c1. The van der Waals surface area contributed by atoms with E-state index in [1.165, 1.54) is 6.42 Å². The fraction of sp³-hybridized carbons (Fsp3) is 0.517. The molecule has 198 valence electrons. The summed E-state index contributed by atoms with van der Waals surface area (Å²) in [6, 6.07) is 11.9. The zero-order valence-electron chi connectivity index (χ0n) is 21.2. The van der Waals surface area contributed by atoms with Gasteiger partial charge in [0.1, 0.15) is 11.9 Å². The molecule has 2 heterocycles. The summed E-state index contributed by atoms with van der Waals surface area (Å²) >= 11 is 6.44. The average Bonchev–Trinajstić information content (AvgIpc) is 3.60. The number of aliphatic hydroxyl groups is 1. The van der Waals surface area contributed by atoms with Crippen molar-refractivity contribution in [3.8, 4) is 5.75 Å². The predicted octanol–water partition coefficient (Wildman–Crippen LogP) is 4.37. The number of carbonyl (C=O) groups is 2. The number of carbonyl (C=O) groups excluding carboxylic acids is 2. The molecule has 2 atom stereocenters. The molecule has 3 aliphatic rings. The van der Waals surface area contributed by atoms with E-state index in [0.29, 0.717) is 28.4 Å². The molecule has 2 aromatic rings. The van der Waals surface area contributed by atoms with Crippen LogP contribution >= 0.6 is 11.6 Å². The van der Waals surface area contributed by atoms with Crippen molar-refractivity contribution in [3.05, 3.63) is 58.6 Å². The molecular weight excluding hydrogens is 490 g/mol. The molecule has 1 amide bonds. The van der Waals surface area contributed by atoms with Crippen LogP contribution in [-0.2, 0) is 4.79 Å². The molecule has 2 aromatic carbocycles. The Morgan fingerprint density at radius 2 is 1.73 bits per heavy atom. The highest BCUT2D eigenvalue weighted by Gasteiger charge is 2.30. The Balaban J connectivity index is 1.30. The number of halogens is 1. The Bertz CT molecular complexity index is 1110. The number of benzene rings is 2. The van der Waals surface area contributed by atoms with E-state index >= 15 is 0 Å². The lowest BCUT2D eigenvalue weighted by atomic mass is 10.0. The van der Waals surface area contributed by atoms with Crippen LogP contribution in [0.25, 0.3) is 0 Å². The molecular formula is C29H36ClN3O4. The van der Waals surface area contributed by atoms with Gasteiger partial charge in [0.25, 0.3) is 5.91 Å². The van der Waals surface area contributed by atoms with Gasteiger partial charge in [-0.15, -0.1) is 0 Å². The van der Waals surface area contributed by atoms with Gasteiger partial charge in [0.05, 0.1) is 17.2 Å². The molecule has 2 saturated heterocycles. The van der Waals surface area contributed by atoms with E-state index in [9.17, 15) is 14.7 Å². The van der Waals surface area contributed by atoms with Crippen molar-refractivity contribution in [1.82, 2.24) is 10.2 Å². The molecule has 5 rings (SSSR count). The van der Waals surface area contributed by atoms with Gasteiger partial charge >= 0.3 is 0 Å². The molecule has 3 fully saturated rings. The van der Waals surface area contributed by atoms with Crippen LogP contribution in [0, 0.1) is 0 Å². The summed E-state index contributed by atoms with van der Waals surface area (Å²) in [5.74, 6) is -0.702. The third kappa shape index (κ3) is 6.64. The van der Waals surface area contributed by atoms with Crippen molar-refractivity contribution in [2.45, 2.75) is 63.2 Å². The van der Waals surface area contributed by atoms with Crippen molar-refractivity contribution >= 4 is 29.0 Å². The highest BCUT2D eigenvalue weighted by molar-refractivity contribution is 6.43. The van der Waals surface area contributed by atoms with Gasteiger partial charge in [-0.3, -0.25) is 9.59 Å². The van der Waals surface area contributed by atoms with Gasteiger partial charge in [0.2, 0.25) is 5.78 Å². The van der Waals surface area contributed by atoms with Crippen LogP contribution in [0.15, 0.2) is 42.5 Å². The third-order valence-electron chi connectivity index (χ3n) is 7.50. The minimum atomic E-state index is -1.02. The van der Waals surface area contributed by atoms with Gasteiger partial charge in [0, 0.05) is 30.9 Å². The van der Waals surface area contributed by atoms with Crippen molar-refractivity contribution in [2.75, 3.05) is 37.6 Å². The molecule has 1 saturated carbocycles. The van der Waals surface area contributed by atoms with Gasteiger partial charge < -0.3 is 25.0 Å². The zero-order valence-corrected chi connectivity index (χ0v) is 22.0. The van der Waals surface area contributed by atoms with Gasteiger partial charge in [0.15, 0.2) is 0 Å². The lowest BCUT2D eigenvalue weighted by Gasteiger charge is -2.29. The molecule has 1 unspecified atom stereocenters. The number of amides is 1. The molecule has 1 aliphatic carbocycles. The number of ether oxygens (including phenoxy) is 1. The Morgan fingerprint density at radius 1 is 1.00 bits per heavy atom. The fourth-order valence-corrected chi connectivity index (χ4v) is 5.46. The van der Waals surface area contributed by atoms with Crippen molar-refractivity contribution in [2.24, 2.45) is 0 Å². The normalized spacial score (nSPS) is 19.9. The maximum absolute atomic E-state index is 13.2. The molecule has 0 spiro atoms. The average molecular weight is 526 g/mol. The van der Waals surface area contributed by atoms with Crippen LogP contribution in [0.2, 0.25) is 5.02 Å². The Labute approximate surface area is 223 Å². The van der Waals surface area contributed by atoms with E-state index < -0.39 is 23.8 Å². The Hall–Kier alpha value is -2.61. The highest BCUT2D eigenvalue weighted by Crippen LogP contribution is 2.34. The highest BCUT2D eigenvalue weighted by atomic mass is 35.5. The smallest absolute Gasteiger partial charge is 0.292 e. The number of hydrogen-bond donors (Lipinski definition) is 2. The lowest BCUT2D eigenvalue weighted by Crippen LogP contribution is -2.48. The summed E-state index contributed by atoms with van der Waals surface area (Å²) in [4.78, 5) is 30.8. The van der Waals surface area contributed by atoms with Crippen LogP contribution < -0.4 is 15.0 Å². The second-order valence-corrected chi connectivity index (χ2v) is 10.9. The summed E-state index contributed by atoms with van der Waals surface area (Å²) in [6.45, 7) is 4.17. The van der Waals surface area contributed by atoms with Gasteiger partial charge in [-0.05, 0) is 87.9 Å². The minimum Gasteiger partial charge on any atom is -0.489 e. The summed E-state index contributed by atoms with van der Waals surface area (Å²) in [5, 5.41) is 14.6. The molecule has 2 aliphatic heterocycles. The first kappa shape index (κ1) is 26.0. The monoisotopic (exact) mass is 525 g/mol. The van der Waals surface area contributed by atoms with E-state index in [1.807, 2.05) is 12.1 Å². The lowest BCUT2D eigenvalue weighted by molar-refractivity contribution is -0.118. The number of likely N-dealkylation sites (tertiary alicyclic amines) is 1. The number of nitrogens with one attached hydrogen (secondary N) is 1. The Kier molecular flexibility index (Phi) is 8.33. The minimum absolute atomic E-state index is 0.218. The van der Waals surface area contributed by atoms with E-state index in [4.69, 9.17) is 16.3 Å². The van der Waals surface area contributed by atoms with Gasteiger partial charge in [-0.2, -0.15) is 0 Å². The number of Topliss-reactive ketones (excluding diaryl/α,β-unsaturated/α-hetero) is 1. The fourth-order valence-electron chi connectivity index (χ4n) is 5.22. The quantitative estimate of drug-likeness (QED) is 0.354. The number of ketones is 1. The predicted molar refractivity (Wildman–Crippen MR) is 145 cm³/mol. The second-order valence-electron chi connectivity index (χ2n) is 10.5. The zero-order chi connectivity index (χ0) is 25.8. The molecule has 8 heteroatoms. The third-order valence-corrected chi connectivity index (χ3v) is 7.80. The van der Waals surface area contributed by atoms with Crippen LogP contribution in [-0.4, -0.2) is 66.6 Å². The maximum Gasteiger partial charge on any atom is 0.292 e. The summed E-state index contributed by atoms with van der Waals surface area (Å²) < 4.78 is 5.82. The molecule has 0 bridgehead atoms. The number of anilines is 1. The van der Waals surface area contributed by atoms with E-state index in [-0.39, 0.29) is 6.10 Å². The summed E-state index contributed by atoms with van der Waals surface area (Å²) in [7, 11) is 0. The first-order chi connectivity index (χ1) is 18.0.